The van der Waals surface area contributed by atoms with Gasteiger partial charge in [-0.1, -0.05) is 41.9 Å². The molecule has 39 heavy (non-hydrogen) atoms. The van der Waals surface area contributed by atoms with Crippen molar-refractivity contribution in [1.82, 2.24) is 9.66 Å². The highest BCUT2D eigenvalue weighted by Gasteiger charge is 2.21. The standard InChI is InChI=1S/C29H24ClN3O6/c1-4-37-29(35)17(2)38-26-21(30)13-18(14-24(26)36-3)16-31-33-27(25-15-19-9-5-8-12-23(19)39-25)32-22-11-7-6-10-20(22)28(33)34/h5-17H,4H2,1-3H3/t17-/m0/s1. The summed E-state index contributed by atoms with van der Waals surface area (Å²) in [5.41, 5.74) is 1.33. The zero-order valence-corrected chi connectivity index (χ0v) is 22.1. The van der Waals surface area contributed by atoms with E-state index < -0.39 is 12.1 Å². The van der Waals surface area contributed by atoms with Crippen LogP contribution in [0.1, 0.15) is 19.4 Å². The van der Waals surface area contributed by atoms with Crippen LogP contribution in [0.15, 0.2) is 81.0 Å². The van der Waals surface area contributed by atoms with Gasteiger partial charge in [0, 0.05) is 5.39 Å². The minimum absolute atomic E-state index is 0.185. The van der Waals surface area contributed by atoms with E-state index in [1.807, 2.05) is 36.4 Å². The van der Waals surface area contributed by atoms with Gasteiger partial charge in [0.05, 0.1) is 35.9 Å². The maximum absolute atomic E-state index is 13.5. The Morgan fingerprint density at radius 1 is 1.15 bits per heavy atom. The Bertz CT molecular complexity index is 1740. The van der Waals surface area contributed by atoms with Crippen LogP contribution in [0.2, 0.25) is 5.02 Å². The topological polar surface area (TPSA) is 105 Å². The summed E-state index contributed by atoms with van der Waals surface area (Å²) in [6.45, 7) is 3.50. The summed E-state index contributed by atoms with van der Waals surface area (Å²) in [5, 5.41) is 5.92. The van der Waals surface area contributed by atoms with Crippen LogP contribution >= 0.6 is 11.6 Å². The third-order valence-corrected chi connectivity index (χ3v) is 6.17. The molecular formula is C29H24ClN3O6. The number of halogens is 1. The first-order chi connectivity index (χ1) is 18.9. The lowest BCUT2D eigenvalue weighted by Gasteiger charge is -2.17. The molecule has 10 heteroatoms. The van der Waals surface area contributed by atoms with Gasteiger partial charge in [-0.05, 0) is 55.8 Å². The third-order valence-electron chi connectivity index (χ3n) is 5.89. The van der Waals surface area contributed by atoms with E-state index in [1.165, 1.54) is 18.0 Å². The second kappa shape index (κ2) is 11.0. The predicted molar refractivity (Wildman–Crippen MR) is 149 cm³/mol. The van der Waals surface area contributed by atoms with Crippen molar-refractivity contribution in [3.63, 3.8) is 0 Å². The van der Waals surface area contributed by atoms with E-state index in [1.54, 1.807) is 44.2 Å². The SMILES string of the molecule is CCOC(=O)[C@H](C)Oc1c(Cl)cc(C=Nn2c(-c3cc4ccccc4o3)nc3ccccc3c2=O)cc1OC. The molecule has 2 heterocycles. The molecule has 0 spiro atoms. The minimum atomic E-state index is -0.899. The third kappa shape index (κ3) is 5.21. The highest BCUT2D eigenvalue weighted by molar-refractivity contribution is 6.32. The molecule has 0 fully saturated rings. The van der Waals surface area contributed by atoms with Gasteiger partial charge in [-0.3, -0.25) is 4.79 Å². The molecule has 0 radical (unpaired) electrons. The van der Waals surface area contributed by atoms with Crippen molar-refractivity contribution in [3.05, 3.63) is 87.7 Å². The molecule has 2 aromatic heterocycles. The van der Waals surface area contributed by atoms with Crippen LogP contribution in [0, 0.1) is 0 Å². The van der Waals surface area contributed by atoms with Gasteiger partial charge >= 0.3 is 5.97 Å². The monoisotopic (exact) mass is 545 g/mol. The second-order valence-corrected chi connectivity index (χ2v) is 8.92. The van der Waals surface area contributed by atoms with Crippen molar-refractivity contribution in [2.75, 3.05) is 13.7 Å². The molecule has 5 rings (SSSR count). The van der Waals surface area contributed by atoms with E-state index in [-0.39, 0.29) is 34.5 Å². The Morgan fingerprint density at radius 2 is 1.92 bits per heavy atom. The molecular weight excluding hydrogens is 522 g/mol. The number of fused-ring (bicyclic) bond motifs is 2. The maximum Gasteiger partial charge on any atom is 0.347 e. The maximum atomic E-state index is 13.5. The second-order valence-electron chi connectivity index (χ2n) is 8.51. The number of esters is 1. The Labute approximate surface area is 228 Å². The van der Waals surface area contributed by atoms with Gasteiger partial charge in [0.1, 0.15) is 5.58 Å². The van der Waals surface area contributed by atoms with Crippen LogP contribution in [0.5, 0.6) is 11.5 Å². The Hall–Kier alpha value is -4.63. The molecule has 5 aromatic rings. The van der Waals surface area contributed by atoms with E-state index in [0.29, 0.717) is 27.8 Å². The molecule has 198 valence electrons. The van der Waals surface area contributed by atoms with Gasteiger partial charge in [0.2, 0.25) is 5.82 Å². The zero-order valence-electron chi connectivity index (χ0n) is 21.4. The highest BCUT2D eigenvalue weighted by atomic mass is 35.5. The van der Waals surface area contributed by atoms with Crippen molar-refractivity contribution < 1.29 is 23.4 Å². The van der Waals surface area contributed by atoms with Gasteiger partial charge in [-0.15, -0.1) is 0 Å². The van der Waals surface area contributed by atoms with Crippen LogP contribution in [-0.2, 0) is 9.53 Å². The molecule has 0 N–H and O–H groups in total. The summed E-state index contributed by atoms with van der Waals surface area (Å²) in [4.78, 5) is 30.2. The van der Waals surface area contributed by atoms with Gasteiger partial charge in [0.15, 0.2) is 23.4 Å². The summed E-state index contributed by atoms with van der Waals surface area (Å²) in [5.74, 6) is 0.574. The van der Waals surface area contributed by atoms with Gasteiger partial charge in [-0.25, -0.2) is 9.78 Å². The molecule has 3 aromatic carbocycles. The van der Waals surface area contributed by atoms with E-state index in [0.717, 1.165) is 5.39 Å². The number of hydrogen-bond acceptors (Lipinski definition) is 8. The number of hydrogen-bond donors (Lipinski definition) is 0. The Morgan fingerprint density at radius 3 is 2.69 bits per heavy atom. The van der Waals surface area contributed by atoms with E-state index in [4.69, 9.17) is 30.2 Å². The summed E-state index contributed by atoms with van der Waals surface area (Å²) in [7, 11) is 1.45. The van der Waals surface area contributed by atoms with E-state index >= 15 is 0 Å². The quantitative estimate of drug-likeness (QED) is 0.182. The summed E-state index contributed by atoms with van der Waals surface area (Å²) >= 11 is 6.49. The summed E-state index contributed by atoms with van der Waals surface area (Å²) in [6.07, 6.45) is 0.557. The molecule has 0 aliphatic heterocycles. The normalized spacial score (nSPS) is 12.2. The fraction of sp³-hybridized carbons (Fsp3) is 0.172. The zero-order chi connectivity index (χ0) is 27.5. The molecule has 9 nitrogen and oxygen atoms in total. The number of carbonyl (C=O) groups is 1. The lowest BCUT2D eigenvalue weighted by Crippen LogP contribution is -2.26. The predicted octanol–water partition coefficient (Wildman–Crippen LogP) is 5.68. The molecule has 0 unspecified atom stereocenters. The lowest BCUT2D eigenvalue weighted by atomic mass is 10.2. The number of para-hydroxylation sites is 2. The first-order valence-electron chi connectivity index (χ1n) is 12.2. The van der Waals surface area contributed by atoms with Crippen molar-refractivity contribution in [1.29, 1.82) is 0 Å². The van der Waals surface area contributed by atoms with Gasteiger partial charge in [-0.2, -0.15) is 9.78 Å². The molecule has 0 saturated heterocycles. The molecule has 1 atom stereocenters. The Kier molecular flexibility index (Phi) is 7.33. The number of nitrogens with zero attached hydrogens (tertiary/aromatic N) is 3. The van der Waals surface area contributed by atoms with Gasteiger partial charge < -0.3 is 18.6 Å². The first kappa shape index (κ1) is 26.0. The molecule has 0 saturated carbocycles. The average Bonchev–Trinajstić information content (AvgIpc) is 3.38. The number of methoxy groups -OCH3 is 1. The number of carbonyl (C=O) groups excluding carboxylic acids is 1. The molecule has 0 bridgehead atoms. The number of furan rings is 1. The molecule has 0 amide bonds. The lowest BCUT2D eigenvalue weighted by molar-refractivity contribution is -0.150. The van der Waals surface area contributed by atoms with Crippen molar-refractivity contribution >= 4 is 45.7 Å². The number of benzene rings is 3. The smallest absolute Gasteiger partial charge is 0.347 e. The number of rotatable bonds is 8. The average molecular weight is 546 g/mol. The van der Waals surface area contributed by atoms with Crippen molar-refractivity contribution in [2.24, 2.45) is 5.10 Å². The van der Waals surface area contributed by atoms with E-state index in [9.17, 15) is 9.59 Å². The van der Waals surface area contributed by atoms with Crippen LogP contribution in [0.25, 0.3) is 33.5 Å². The molecule has 0 aliphatic carbocycles. The summed E-state index contributed by atoms with van der Waals surface area (Å²) < 4.78 is 23.4. The fourth-order valence-corrected chi connectivity index (χ4v) is 4.28. The van der Waals surface area contributed by atoms with Crippen LogP contribution in [-0.4, -0.2) is 41.7 Å². The van der Waals surface area contributed by atoms with Crippen LogP contribution < -0.4 is 15.0 Å². The van der Waals surface area contributed by atoms with E-state index in [2.05, 4.69) is 10.1 Å². The van der Waals surface area contributed by atoms with Gasteiger partial charge in [0.25, 0.3) is 5.56 Å². The number of ether oxygens (including phenoxy) is 3. The van der Waals surface area contributed by atoms with Crippen LogP contribution in [0.4, 0.5) is 0 Å². The minimum Gasteiger partial charge on any atom is -0.493 e. The van der Waals surface area contributed by atoms with Crippen molar-refractivity contribution in [3.8, 4) is 23.1 Å². The van der Waals surface area contributed by atoms with Crippen molar-refractivity contribution in [2.45, 2.75) is 20.0 Å². The fourth-order valence-electron chi connectivity index (χ4n) is 4.02. The first-order valence-corrected chi connectivity index (χ1v) is 12.5. The van der Waals surface area contributed by atoms with Crippen LogP contribution in [0.3, 0.4) is 0 Å². The summed E-state index contributed by atoms with van der Waals surface area (Å²) in [6, 6.07) is 19.6. The molecule has 0 aliphatic rings. The highest BCUT2D eigenvalue weighted by Crippen LogP contribution is 2.37. The number of aromatic nitrogens is 2. The Balaban J connectivity index is 1.57. The largest absolute Gasteiger partial charge is 0.493 e.